The van der Waals surface area contributed by atoms with Crippen molar-refractivity contribution >= 4 is 10.0 Å². The van der Waals surface area contributed by atoms with E-state index in [0.29, 0.717) is 13.0 Å². The molecule has 0 saturated carbocycles. The number of sulfonamides is 1. The van der Waals surface area contributed by atoms with E-state index in [2.05, 4.69) is 0 Å². The van der Waals surface area contributed by atoms with Gasteiger partial charge in [-0.25, -0.2) is 13.6 Å². The second kappa shape index (κ2) is 2.59. The lowest BCUT2D eigenvalue weighted by Crippen LogP contribution is -2.17. The molecule has 1 aliphatic heterocycles. The summed E-state index contributed by atoms with van der Waals surface area (Å²) < 4.78 is 26.0. The van der Waals surface area contributed by atoms with E-state index in [0.717, 1.165) is 6.42 Å². The van der Waals surface area contributed by atoms with Crippen molar-refractivity contribution in [2.75, 3.05) is 6.61 Å². The van der Waals surface area contributed by atoms with Crippen molar-refractivity contribution in [3.8, 4) is 0 Å². The molecule has 0 spiro atoms. The molecule has 10 heavy (non-hydrogen) atoms. The first-order chi connectivity index (χ1) is 4.61. The van der Waals surface area contributed by atoms with Gasteiger partial charge >= 0.3 is 0 Å². The average molecular weight is 163 g/mol. The summed E-state index contributed by atoms with van der Waals surface area (Å²) in [6.07, 6.45) is 2.44. The van der Waals surface area contributed by atoms with E-state index in [9.17, 15) is 8.42 Å². The summed E-state index contributed by atoms with van der Waals surface area (Å²) in [5.41, 5.74) is 0. The predicted octanol–water partition coefficient (Wildman–Crippen LogP) is -0.0733. The Bertz CT molecular complexity index is 242. The maximum Gasteiger partial charge on any atom is 0.237 e. The Balaban J connectivity index is 2.82. The molecule has 0 aliphatic carbocycles. The molecule has 2 N–H and O–H groups in total. The first kappa shape index (κ1) is 7.56. The van der Waals surface area contributed by atoms with Gasteiger partial charge in [0, 0.05) is 0 Å². The highest BCUT2D eigenvalue weighted by Crippen LogP contribution is 2.14. The van der Waals surface area contributed by atoms with E-state index >= 15 is 0 Å². The molecule has 1 aliphatic rings. The highest BCUT2D eigenvalue weighted by molar-refractivity contribution is 7.93. The number of hydrogen-bond acceptors (Lipinski definition) is 3. The number of primary sulfonamides is 1. The van der Waals surface area contributed by atoms with Gasteiger partial charge in [0.1, 0.15) is 0 Å². The molecule has 0 amide bonds. The van der Waals surface area contributed by atoms with Gasteiger partial charge < -0.3 is 4.74 Å². The van der Waals surface area contributed by atoms with Crippen LogP contribution in [0.5, 0.6) is 0 Å². The summed E-state index contributed by atoms with van der Waals surface area (Å²) in [4.78, 5) is 0.193. The molecule has 0 fully saturated rings. The van der Waals surface area contributed by atoms with Crippen molar-refractivity contribution in [1.82, 2.24) is 0 Å². The number of nitrogens with two attached hydrogens (primary N) is 1. The molecule has 0 aromatic carbocycles. The second-order valence-electron chi connectivity index (χ2n) is 2.10. The van der Waals surface area contributed by atoms with E-state index in [1.165, 1.54) is 6.26 Å². The highest BCUT2D eigenvalue weighted by atomic mass is 32.2. The van der Waals surface area contributed by atoms with E-state index in [-0.39, 0.29) is 4.91 Å². The Hall–Kier alpha value is -0.550. The predicted molar refractivity (Wildman–Crippen MR) is 36.4 cm³/mol. The lowest BCUT2D eigenvalue weighted by Gasteiger charge is -2.10. The molecule has 0 aromatic heterocycles. The monoisotopic (exact) mass is 163 g/mol. The molecule has 1 rings (SSSR count). The number of rotatable bonds is 1. The molecule has 4 nitrogen and oxygen atoms in total. The minimum atomic E-state index is -3.49. The third-order valence-corrected chi connectivity index (χ3v) is 2.30. The third kappa shape index (κ3) is 1.71. The fraction of sp³-hybridized carbons (Fsp3) is 0.600. The van der Waals surface area contributed by atoms with Crippen molar-refractivity contribution in [2.45, 2.75) is 12.8 Å². The normalized spacial score (nSPS) is 19.5. The van der Waals surface area contributed by atoms with Crippen LogP contribution in [0, 0.1) is 0 Å². The minimum Gasteiger partial charge on any atom is -0.500 e. The first-order valence-electron chi connectivity index (χ1n) is 2.94. The van der Waals surface area contributed by atoms with Crippen LogP contribution in [0.3, 0.4) is 0 Å². The lowest BCUT2D eigenvalue weighted by atomic mass is 10.3. The fourth-order valence-corrected chi connectivity index (χ4v) is 1.38. The molecule has 0 bridgehead atoms. The molecule has 0 radical (unpaired) electrons. The lowest BCUT2D eigenvalue weighted by molar-refractivity contribution is 0.228. The van der Waals surface area contributed by atoms with Gasteiger partial charge in [-0.2, -0.15) is 0 Å². The van der Waals surface area contributed by atoms with Crippen LogP contribution in [0.25, 0.3) is 0 Å². The molecular formula is C5H9NO3S. The molecule has 5 heteroatoms. The summed E-state index contributed by atoms with van der Waals surface area (Å²) in [6.45, 7) is 0.582. The molecule has 0 saturated heterocycles. The van der Waals surface area contributed by atoms with Gasteiger partial charge in [-0.05, 0) is 12.8 Å². The van der Waals surface area contributed by atoms with Crippen LogP contribution in [0.15, 0.2) is 11.2 Å². The summed E-state index contributed by atoms with van der Waals surface area (Å²) in [6, 6.07) is 0. The molecule has 0 unspecified atom stereocenters. The van der Waals surface area contributed by atoms with Crippen molar-refractivity contribution in [2.24, 2.45) is 5.14 Å². The van der Waals surface area contributed by atoms with Crippen molar-refractivity contribution in [3.63, 3.8) is 0 Å². The SMILES string of the molecule is NS(=O)(=O)C1=COCCC1. The molecule has 0 aromatic rings. The van der Waals surface area contributed by atoms with Gasteiger partial charge in [0.05, 0.1) is 17.8 Å². The first-order valence-corrected chi connectivity index (χ1v) is 4.49. The van der Waals surface area contributed by atoms with E-state index in [1.54, 1.807) is 0 Å². The Kier molecular flexibility index (Phi) is 1.96. The molecular weight excluding hydrogens is 154 g/mol. The van der Waals surface area contributed by atoms with Crippen LogP contribution >= 0.6 is 0 Å². The van der Waals surface area contributed by atoms with Crippen LogP contribution < -0.4 is 5.14 Å². The average Bonchev–Trinajstić information content (AvgIpc) is 1.88. The van der Waals surface area contributed by atoms with E-state index in [4.69, 9.17) is 9.88 Å². The van der Waals surface area contributed by atoms with Crippen LogP contribution in [0.1, 0.15) is 12.8 Å². The molecule has 58 valence electrons. The van der Waals surface area contributed by atoms with Crippen LogP contribution in [-0.2, 0) is 14.8 Å². The minimum absolute atomic E-state index is 0.193. The van der Waals surface area contributed by atoms with Crippen molar-refractivity contribution in [3.05, 3.63) is 11.2 Å². The number of ether oxygens (including phenoxy) is 1. The van der Waals surface area contributed by atoms with E-state index in [1.807, 2.05) is 0 Å². The van der Waals surface area contributed by atoms with Gasteiger partial charge in [0.2, 0.25) is 10.0 Å². The van der Waals surface area contributed by atoms with Crippen molar-refractivity contribution in [1.29, 1.82) is 0 Å². The zero-order chi connectivity index (χ0) is 7.61. The largest absolute Gasteiger partial charge is 0.500 e. The Morgan fingerprint density at radius 3 is 2.60 bits per heavy atom. The summed E-state index contributed by atoms with van der Waals surface area (Å²) >= 11 is 0. The third-order valence-electron chi connectivity index (χ3n) is 1.27. The maximum absolute atomic E-state index is 10.6. The zero-order valence-electron chi connectivity index (χ0n) is 5.41. The Labute approximate surface area is 59.7 Å². The van der Waals surface area contributed by atoms with Gasteiger partial charge in [0.25, 0.3) is 0 Å². The van der Waals surface area contributed by atoms with Gasteiger partial charge in [0.15, 0.2) is 0 Å². The topological polar surface area (TPSA) is 69.4 Å². The van der Waals surface area contributed by atoms with Gasteiger partial charge in [-0.3, -0.25) is 0 Å². The Morgan fingerprint density at radius 1 is 1.60 bits per heavy atom. The summed E-state index contributed by atoms with van der Waals surface area (Å²) in [5, 5.41) is 4.83. The highest BCUT2D eigenvalue weighted by Gasteiger charge is 2.14. The van der Waals surface area contributed by atoms with Crippen molar-refractivity contribution < 1.29 is 13.2 Å². The van der Waals surface area contributed by atoms with Gasteiger partial charge in [-0.1, -0.05) is 0 Å². The standard InChI is InChI=1S/C5H9NO3S/c6-10(7,8)5-2-1-3-9-4-5/h4H,1-3H2,(H2,6,7,8). The Morgan fingerprint density at radius 2 is 2.30 bits per heavy atom. The maximum atomic E-state index is 10.6. The number of allylic oxidation sites excluding steroid dienone is 1. The molecule has 0 atom stereocenters. The molecule has 1 heterocycles. The zero-order valence-corrected chi connectivity index (χ0v) is 6.23. The van der Waals surface area contributed by atoms with Crippen LogP contribution in [-0.4, -0.2) is 15.0 Å². The summed E-state index contributed by atoms with van der Waals surface area (Å²) in [7, 11) is -3.49. The second-order valence-corrected chi connectivity index (χ2v) is 3.72. The van der Waals surface area contributed by atoms with Crippen LogP contribution in [0.4, 0.5) is 0 Å². The smallest absolute Gasteiger partial charge is 0.237 e. The van der Waals surface area contributed by atoms with Gasteiger partial charge in [-0.15, -0.1) is 0 Å². The van der Waals surface area contributed by atoms with Crippen LogP contribution in [0.2, 0.25) is 0 Å². The number of hydrogen-bond donors (Lipinski definition) is 1. The van der Waals surface area contributed by atoms with E-state index < -0.39 is 10.0 Å². The quantitative estimate of drug-likeness (QED) is 0.588. The summed E-state index contributed by atoms with van der Waals surface area (Å²) in [5.74, 6) is 0. The fourth-order valence-electron chi connectivity index (χ4n) is 0.750.